The van der Waals surface area contributed by atoms with Gasteiger partial charge < -0.3 is 15.3 Å². The van der Waals surface area contributed by atoms with Crippen LogP contribution in [-0.2, 0) is 19.3 Å². The minimum atomic E-state index is 0.286. The molecule has 3 aromatic carbocycles. The minimum Gasteiger partial charge on any atom is -0.508 e. The van der Waals surface area contributed by atoms with Gasteiger partial charge in [-0.2, -0.15) is 0 Å². The fraction of sp³-hybridized carbons (Fsp3) is 0.250. The zero-order valence-corrected chi connectivity index (χ0v) is 16.1. The molecule has 3 nitrogen and oxygen atoms in total. The fourth-order valence-electron chi connectivity index (χ4n) is 3.40. The number of aryl methyl sites for hydroxylation is 3. The molecule has 0 saturated carbocycles. The fourth-order valence-corrected chi connectivity index (χ4v) is 3.40. The predicted octanol–water partition coefficient (Wildman–Crippen LogP) is 5.16. The second-order valence-electron chi connectivity index (χ2n) is 7.21. The van der Waals surface area contributed by atoms with Crippen molar-refractivity contribution in [2.75, 3.05) is 0 Å². The van der Waals surface area contributed by atoms with Gasteiger partial charge in [-0.3, -0.25) is 0 Å². The lowest BCUT2D eigenvalue weighted by molar-refractivity contribution is 0.463. The Kier molecular flexibility index (Phi) is 5.41. The van der Waals surface area contributed by atoms with E-state index in [2.05, 4.69) is 19.1 Å². The molecule has 27 heavy (non-hydrogen) atoms. The molecule has 0 aromatic heterocycles. The van der Waals surface area contributed by atoms with E-state index in [1.54, 1.807) is 12.1 Å². The maximum absolute atomic E-state index is 10.9. The van der Waals surface area contributed by atoms with Gasteiger partial charge in [0.25, 0.3) is 0 Å². The van der Waals surface area contributed by atoms with E-state index in [1.165, 1.54) is 5.56 Å². The van der Waals surface area contributed by atoms with Gasteiger partial charge in [-0.25, -0.2) is 0 Å². The van der Waals surface area contributed by atoms with Gasteiger partial charge >= 0.3 is 0 Å². The molecule has 0 aliphatic heterocycles. The third kappa shape index (κ3) is 4.25. The molecule has 0 heterocycles. The molecule has 0 atom stereocenters. The van der Waals surface area contributed by atoms with Crippen LogP contribution in [0.15, 0.2) is 48.5 Å². The molecule has 3 rings (SSSR count). The number of phenols is 3. The van der Waals surface area contributed by atoms with Crippen LogP contribution in [0, 0.1) is 13.8 Å². The molecule has 0 amide bonds. The van der Waals surface area contributed by atoms with Crippen LogP contribution in [0.5, 0.6) is 17.2 Å². The van der Waals surface area contributed by atoms with Crippen LogP contribution in [0.4, 0.5) is 0 Å². The standard InChI is InChI=1S/C24H26O3/c1-4-17-11-20(13-18-5-7-22(25)15(2)9-18)24(27)21(12-17)14-19-6-8-23(26)16(3)10-19/h5-12,25-27H,4,13-14H2,1-3H3. The first-order valence-electron chi connectivity index (χ1n) is 9.28. The van der Waals surface area contributed by atoms with Crippen molar-refractivity contribution in [3.63, 3.8) is 0 Å². The van der Waals surface area contributed by atoms with E-state index < -0.39 is 0 Å². The summed E-state index contributed by atoms with van der Waals surface area (Å²) in [7, 11) is 0. The Morgan fingerprint density at radius 2 is 1.07 bits per heavy atom. The number of benzene rings is 3. The monoisotopic (exact) mass is 362 g/mol. The first-order chi connectivity index (χ1) is 12.9. The number of phenolic OH excluding ortho intramolecular Hbond substituents is 3. The van der Waals surface area contributed by atoms with Gasteiger partial charge in [0.05, 0.1) is 0 Å². The van der Waals surface area contributed by atoms with Crippen LogP contribution in [0.3, 0.4) is 0 Å². The molecule has 0 unspecified atom stereocenters. The summed E-state index contributed by atoms with van der Waals surface area (Å²) in [6.07, 6.45) is 2.12. The van der Waals surface area contributed by atoms with Gasteiger partial charge in [0.1, 0.15) is 17.2 Å². The van der Waals surface area contributed by atoms with Gasteiger partial charge in [0.2, 0.25) is 0 Å². The first-order valence-corrected chi connectivity index (χ1v) is 9.28. The van der Waals surface area contributed by atoms with Gasteiger partial charge in [-0.15, -0.1) is 0 Å². The minimum absolute atomic E-state index is 0.286. The largest absolute Gasteiger partial charge is 0.508 e. The average molecular weight is 362 g/mol. The maximum atomic E-state index is 10.9. The average Bonchev–Trinajstić information content (AvgIpc) is 2.64. The Labute approximate surface area is 160 Å². The second-order valence-corrected chi connectivity index (χ2v) is 7.21. The molecule has 0 radical (unpaired) electrons. The van der Waals surface area contributed by atoms with Crippen LogP contribution in [0.1, 0.15) is 45.9 Å². The van der Waals surface area contributed by atoms with Gasteiger partial charge in [0.15, 0.2) is 0 Å². The van der Waals surface area contributed by atoms with E-state index in [-0.39, 0.29) is 11.5 Å². The van der Waals surface area contributed by atoms with E-state index in [0.717, 1.165) is 39.8 Å². The molecule has 0 aliphatic carbocycles. The van der Waals surface area contributed by atoms with Gasteiger partial charge in [0, 0.05) is 12.8 Å². The van der Waals surface area contributed by atoms with Crippen molar-refractivity contribution in [2.24, 2.45) is 0 Å². The Hall–Kier alpha value is -2.94. The molecule has 0 saturated heterocycles. The topological polar surface area (TPSA) is 60.7 Å². The summed E-state index contributed by atoms with van der Waals surface area (Å²) in [5.74, 6) is 0.894. The van der Waals surface area contributed by atoms with E-state index in [4.69, 9.17) is 0 Å². The van der Waals surface area contributed by atoms with Crippen molar-refractivity contribution in [1.82, 2.24) is 0 Å². The van der Waals surface area contributed by atoms with Crippen LogP contribution >= 0.6 is 0 Å². The van der Waals surface area contributed by atoms with E-state index in [0.29, 0.717) is 18.6 Å². The van der Waals surface area contributed by atoms with Crippen LogP contribution in [-0.4, -0.2) is 15.3 Å². The molecular formula is C24H26O3. The highest BCUT2D eigenvalue weighted by Gasteiger charge is 2.12. The smallest absolute Gasteiger partial charge is 0.122 e. The van der Waals surface area contributed by atoms with Crippen molar-refractivity contribution in [3.05, 3.63) is 87.5 Å². The zero-order chi connectivity index (χ0) is 19.6. The molecule has 0 fully saturated rings. The Morgan fingerprint density at radius 1 is 0.630 bits per heavy atom. The third-order valence-corrected chi connectivity index (χ3v) is 5.05. The molecular weight excluding hydrogens is 336 g/mol. The van der Waals surface area contributed by atoms with Crippen molar-refractivity contribution < 1.29 is 15.3 Å². The molecule has 3 aromatic rings. The van der Waals surface area contributed by atoms with E-state index >= 15 is 0 Å². The lowest BCUT2D eigenvalue weighted by atomic mass is 9.93. The summed E-state index contributed by atoms with van der Waals surface area (Å²) >= 11 is 0. The molecule has 0 aliphatic rings. The van der Waals surface area contributed by atoms with Crippen molar-refractivity contribution >= 4 is 0 Å². The Morgan fingerprint density at radius 3 is 1.44 bits per heavy atom. The van der Waals surface area contributed by atoms with E-state index in [1.807, 2.05) is 38.1 Å². The molecule has 3 N–H and O–H groups in total. The highest BCUT2D eigenvalue weighted by Crippen LogP contribution is 2.31. The number of hydrogen-bond donors (Lipinski definition) is 3. The Bertz CT molecular complexity index is 899. The normalized spacial score (nSPS) is 10.9. The molecule has 0 bridgehead atoms. The number of rotatable bonds is 5. The molecule has 3 heteroatoms. The first kappa shape index (κ1) is 18.8. The van der Waals surface area contributed by atoms with Gasteiger partial charge in [-0.05, 0) is 71.3 Å². The van der Waals surface area contributed by atoms with Crippen molar-refractivity contribution in [2.45, 2.75) is 40.0 Å². The molecule has 140 valence electrons. The lowest BCUT2D eigenvalue weighted by Crippen LogP contribution is -1.98. The highest BCUT2D eigenvalue weighted by molar-refractivity contribution is 5.49. The number of aromatic hydroxyl groups is 3. The van der Waals surface area contributed by atoms with Gasteiger partial charge in [-0.1, -0.05) is 43.3 Å². The van der Waals surface area contributed by atoms with Crippen molar-refractivity contribution in [1.29, 1.82) is 0 Å². The SMILES string of the molecule is CCc1cc(Cc2ccc(O)c(C)c2)c(O)c(Cc2ccc(O)c(C)c2)c1. The van der Waals surface area contributed by atoms with Crippen LogP contribution in [0.2, 0.25) is 0 Å². The molecule has 0 spiro atoms. The van der Waals surface area contributed by atoms with Crippen molar-refractivity contribution in [3.8, 4) is 17.2 Å². The predicted molar refractivity (Wildman–Crippen MR) is 109 cm³/mol. The summed E-state index contributed by atoms with van der Waals surface area (Å²) < 4.78 is 0. The summed E-state index contributed by atoms with van der Waals surface area (Å²) in [6.45, 7) is 5.86. The Balaban J connectivity index is 1.96. The summed E-state index contributed by atoms with van der Waals surface area (Å²) in [4.78, 5) is 0. The summed E-state index contributed by atoms with van der Waals surface area (Å²) in [5.41, 5.74) is 6.75. The highest BCUT2D eigenvalue weighted by atomic mass is 16.3. The van der Waals surface area contributed by atoms with E-state index in [9.17, 15) is 15.3 Å². The third-order valence-electron chi connectivity index (χ3n) is 5.05. The second kappa shape index (κ2) is 7.75. The summed E-state index contributed by atoms with van der Waals surface area (Å²) in [6, 6.07) is 15.2. The summed E-state index contributed by atoms with van der Waals surface area (Å²) in [5, 5.41) is 30.3. The van der Waals surface area contributed by atoms with Crippen LogP contribution in [0.25, 0.3) is 0 Å². The lowest BCUT2D eigenvalue weighted by Gasteiger charge is -2.14. The zero-order valence-electron chi connectivity index (χ0n) is 16.1. The maximum Gasteiger partial charge on any atom is 0.122 e. The quantitative estimate of drug-likeness (QED) is 0.587. The van der Waals surface area contributed by atoms with Crippen LogP contribution < -0.4 is 0 Å². The number of hydrogen-bond acceptors (Lipinski definition) is 3.